The quantitative estimate of drug-likeness (QED) is 0.616. The second kappa shape index (κ2) is 5.82. The molecule has 0 amide bonds. The molecule has 0 aromatic heterocycles. The number of hydrogen-bond donors (Lipinski definition) is 2. The highest BCUT2D eigenvalue weighted by atomic mass is 16.0. The summed E-state index contributed by atoms with van der Waals surface area (Å²) in [5, 5.41) is 5.43. The molecule has 3 aromatic carbocycles. The predicted octanol–water partition coefficient (Wildman–Crippen LogP) is 3.67. The first-order valence-corrected chi connectivity index (χ1v) is 7.03. The average molecular weight is 282 g/mol. The normalized spacial score (nSPS) is 16.9. The second-order valence-electron chi connectivity index (χ2n) is 5.51. The molecule has 0 bridgehead atoms. The van der Waals surface area contributed by atoms with E-state index in [4.69, 9.17) is 5.73 Å². The molecule has 0 saturated heterocycles. The average Bonchev–Trinajstić information content (AvgIpc) is 2.47. The third kappa shape index (κ3) is 2.29. The Bertz CT molecular complexity index is 783. The van der Waals surface area contributed by atoms with E-state index in [9.17, 15) is 0 Å². The molecule has 1 atom stereocenters. The smallest absolute Gasteiger partial charge is 0.0297 e. The van der Waals surface area contributed by atoms with Gasteiger partial charge in [0.05, 0.1) is 0 Å². The van der Waals surface area contributed by atoms with Gasteiger partial charge >= 0.3 is 0 Å². The number of nitrogens with two attached hydrogens (primary N) is 1. The predicted molar refractivity (Wildman–Crippen MR) is 90.0 cm³/mol. The van der Waals surface area contributed by atoms with Gasteiger partial charge in [-0.3, -0.25) is 0 Å². The molecule has 110 valence electrons. The van der Waals surface area contributed by atoms with E-state index >= 15 is 0 Å². The molecule has 7 N–H and O–H groups in total. The Kier molecular flexibility index (Phi) is 4.28. The zero-order chi connectivity index (χ0) is 12.8. The van der Waals surface area contributed by atoms with Crippen molar-refractivity contribution in [3.63, 3.8) is 0 Å². The molecule has 0 fully saturated rings. The van der Waals surface area contributed by atoms with Crippen LogP contribution in [0.1, 0.15) is 30.0 Å². The maximum absolute atomic E-state index is 6.25. The maximum atomic E-state index is 6.25. The molecule has 1 aliphatic carbocycles. The van der Waals surface area contributed by atoms with Crippen LogP contribution >= 0.6 is 0 Å². The van der Waals surface area contributed by atoms with Gasteiger partial charge in [0.15, 0.2) is 0 Å². The molecule has 0 spiro atoms. The van der Waals surface area contributed by atoms with E-state index in [0.717, 1.165) is 6.42 Å². The van der Waals surface area contributed by atoms with Crippen molar-refractivity contribution in [1.82, 2.24) is 6.15 Å². The van der Waals surface area contributed by atoms with Crippen molar-refractivity contribution in [3.05, 3.63) is 59.7 Å². The van der Waals surface area contributed by atoms with Crippen molar-refractivity contribution < 1.29 is 5.48 Å². The minimum atomic E-state index is 0. The summed E-state index contributed by atoms with van der Waals surface area (Å²) in [5.74, 6) is 0. The Balaban J connectivity index is 0.000000807. The first kappa shape index (κ1) is 15.4. The molecule has 3 heteroatoms. The standard InChI is InChI=1S/C18H17N.H3N.H2O/c19-18-7-3-6-14-16-9-8-12-4-1-2-5-13(12)15(16)10-11-17(14)18;;/h1-2,4-5,8-11,18H,3,6-7,19H2;1H3;1H2. The molecule has 0 heterocycles. The van der Waals surface area contributed by atoms with Crippen LogP contribution in [-0.4, -0.2) is 5.48 Å². The fraction of sp³-hybridized carbons (Fsp3) is 0.222. The van der Waals surface area contributed by atoms with Gasteiger partial charge in [0.2, 0.25) is 0 Å². The third-order valence-corrected chi connectivity index (χ3v) is 4.42. The molecule has 0 saturated carbocycles. The van der Waals surface area contributed by atoms with Gasteiger partial charge < -0.3 is 17.4 Å². The van der Waals surface area contributed by atoms with E-state index in [-0.39, 0.29) is 17.7 Å². The molecular weight excluding hydrogens is 260 g/mol. The van der Waals surface area contributed by atoms with Gasteiger partial charge in [0.25, 0.3) is 0 Å². The lowest BCUT2D eigenvalue weighted by Gasteiger charge is -2.24. The number of benzene rings is 3. The Morgan fingerprint density at radius 3 is 2.48 bits per heavy atom. The Morgan fingerprint density at radius 2 is 1.62 bits per heavy atom. The SMILES string of the molecule is N.NC1CCCc2c1ccc1c2ccc2ccccc21.O. The fourth-order valence-electron chi connectivity index (χ4n) is 3.45. The third-order valence-electron chi connectivity index (χ3n) is 4.42. The van der Waals surface area contributed by atoms with Crippen LogP contribution in [0.15, 0.2) is 48.5 Å². The van der Waals surface area contributed by atoms with Gasteiger partial charge in [0, 0.05) is 6.04 Å². The van der Waals surface area contributed by atoms with Crippen LogP contribution in [0.2, 0.25) is 0 Å². The zero-order valence-corrected chi connectivity index (χ0v) is 12.1. The molecule has 4 rings (SSSR count). The molecule has 1 aliphatic rings. The lowest BCUT2D eigenvalue weighted by molar-refractivity contribution is 0.573. The summed E-state index contributed by atoms with van der Waals surface area (Å²) in [6.07, 6.45) is 3.49. The topological polar surface area (TPSA) is 92.5 Å². The van der Waals surface area contributed by atoms with E-state index in [1.54, 1.807) is 0 Å². The highest BCUT2D eigenvalue weighted by Crippen LogP contribution is 2.36. The number of aryl methyl sites for hydroxylation is 1. The van der Waals surface area contributed by atoms with E-state index in [1.807, 2.05) is 0 Å². The van der Waals surface area contributed by atoms with E-state index in [1.165, 1.54) is 45.5 Å². The highest BCUT2D eigenvalue weighted by molar-refractivity contribution is 6.08. The van der Waals surface area contributed by atoms with Gasteiger partial charge in [0.1, 0.15) is 0 Å². The fourth-order valence-corrected chi connectivity index (χ4v) is 3.45. The lowest BCUT2D eigenvalue weighted by Crippen LogP contribution is -2.17. The maximum Gasteiger partial charge on any atom is 0.0297 e. The van der Waals surface area contributed by atoms with Crippen molar-refractivity contribution in [1.29, 1.82) is 0 Å². The highest BCUT2D eigenvalue weighted by Gasteiger charge is 2.18. The molecule has 1 unspecified atom stereocenters. The van der Waals surface area contributed by atoms with Gasteiger partial charge in [-0.2, -0.15) is 0 Å². The van der Waals surface area contributed by atoms with Crippen LogP contribution < -0.4 is 11.9 Å². The molecule has 3 aromatic rings. The first-order chi connectivity index (χ1) is 9.34. The van der Waals surface area contributed by atoms with Crippen LogP contribution in [0.5, 0.6) is 0 Å². The summed E-state index contributed by atoms with van der Waals surface area (Å²) < 4.78 is 0. The molecular formula is C18H22N2O. The summed E-state index contributed by atoms with van der Waals surface area (Å²) >= 11 is 0. The van der Waals surface area contributed by atoms with Crippen molar-refractivity contribution in [3.8, 4) is 0 Å². The van der Waals surface area contributed by atoms with Gasteiger partial charge in [-0.05, 0) is 51.9 Å². The summed E-state index contributed by atoms with van der Waals surface area (Å²) in [6, 6.07) is 17.8. The van der Waals surface area contributed by atoms with Gasteiger partial charge in [-0.1, -0.05) is 48.5 Å². The summed E-state index contributed by atoms with van der Waals surface area (Å²) in [4.78, 5) is 0. The number of rotatable bonds is 0. The van der Waals surface area contributed by atoms with E-state index in [2.05, 4.69) is 48.5 Å². The summed E-state index contributed by atoms with van der Waals surface area (Å²) in [5.41, 5.74) is 9.08. The van der Waals surface area contributed by atoms with Crippen LogP contribution in [0.25, 0.3) is 21.5 Å². The summed E-state index contributed by atoms with van der Waals surface area (Å²) in [6.45, 7) is 0. The van der Waals surface area contributed by atoms with Crippen molar-refractivity contribution in [2.24, 2.45) is 5.73 Å². The second-order valence-corrected chi connectivity index (χ2v) is 5.51. The van der Waals surface area contributed by atoms with E-state index in [0.29, 0.717) is 0 Å². The van der Waals surface area contributed by atoms with E-state index < -0.39 is 0 Å². The van der Waals surface area contributed by atoms with Gasteiger partial charge in [-0.15, -0.1) is 0 Å². The zero-order valence-electron chi connectivity index (χ0n) is 12.1. The van der Waals surface area contributed by atoms with Crippen molar-refractivity contribution in [2.75, 3.05) is 0 Å². The van der Waals surface area contributed by atoms with Gasteiger partial charge in [-0.25, -0.2) is 0 Å². The minimum Gasteiger partial charge on any atom is -0.412 e. The molecule has 0 radical (unpaired) electrons. The Hall–Kier alpha value is -1.94. The van der Waals surface area contributed by atoms with Crippen LogP contribution in [0.4, 0.5) is 0 Å². The number of fused-ring (bicyclic) bond motifs is 5. The van der Waals surface area contributed by atoms with Crippen LogP contribution in [-0.2, 0) is 6.42 Å². The summed E-state index contributed by atoms with van der Waals surface area (Å²) in [7, 11) is 0. The lowest BCUT2D eigenvalue weighted by atomic mass is 9.84. The number of hydrogen-bond acceptors (Lipinski definition) is 2. The van der Waals surface area contributed by atoms with Crippen LogP contribution in [0, 0.1) is 0 Å². The minimum absolute atomic E-state index is 0. The van der Waals surface area contributed by atoms with Crippen molar-refractivity contribution in [2.45, 2.75) is 25.3 Å². The molecule has 0 aliphatic heterocycles. The molecule has 21 heavy (non-hydrogen) atoms. The first-order valence-electron chi connectivity index (χ1n) is 7.03. The largest absolute Gasteiger partial charge is 0.412 e. The van der Waals surface area contributed by atoms with Crippen LogP contribution in [0.3, 0.4) is 0 Å². The monoisotopic (exact) mass is 282 g/mol. The Morgan fingerprint density at radius 1 is 0.857 bits per heavy atom. The van der Waals surface area contributed by atoms with Crippen molar-refractivity contribution >= 4 is 21.5 Å². The Labute approximate surface area is 124 Å². The molecule has 3 nitrogen and oxygen atoms in total.